The van der Waals surface area contributed by atoms with Gasteiger partial charge in [-0.3, -0.25) is 0 Å². The van der Waals surface area contributed by atoms with Gasteiger partial charge >= 0.3 is 212 Å². The number of carbonyl (C=O) groups excluding carboxylic acids is 1. The smallest absolute Gasteiger partial charge is 0.356 e. The quantitative estimate of drug-likeness (QED) is 0.0989. The average Bonchev–Trinajstić information content (AvgIpc) is 3.02. The van der Waals surface area contributed by atoms with Gasteiger partial charge in [-0.25, -0.2) is 0 Å². The Bertz CT molecular complexity index is 1600. The molecular formula is C35H42AsN3O4S. The number of aliphatic hydroxyl groups is 1. The summed E-state index contributed by atoms with van der Waals surface area (Å²) in [4.78, 5) is 12.9. The van der Waals surface area contributed by atoms with Gasteiger partial charge in [0.1, 0.15) is 0 Å². The van der Waals surface area contributed by atoms with E-state index in [1.54, 1.807) is 24.3 Å². The number of benzene rings is 4. The molecule has 0 fully saturated rings. The van der Waals surface area contributed by atoms with Crippen molar-refractivity contribution >= 4 is 54.9 Å². The third-order valence-electron chi connectivity index (χ3n) is 7.50. The molecule has 0 spiro atoms. The molecule has 1 amide bonds. The monoisotopic (exact) mass is 675 g/mol. The molecule has 44 heavy (non-hydrogen) atoms. The number of rotatable bonds is 16. The molecule has 0 aliphatic heterocycles. The van der Waals surface area contributed by atoms with Crippen LogP contribution in [0.1, 0.15) is 38.7 Å². The van der Waals surface area contributed by atoms with Crippen LogP contribution < -0.4 is 10.6 Å². The van der Waals surface area contributed by atoms with E-state index in [1.807, 2.05) is 56.3 Å². The number of hydrogen-bond donors (Lipinski definition) is 3. The Morgan fingerprint density at radius 2 is 1.52 bits per heavy atom. The van der Waals surface area contributed by atoms with E-state index >= 15 is 0 Å². The number of anilines is 2. The summed E-state index contributed by atoms with van der Waals surface area (Å²) in [5, 5.41) is 18.9. The van der Waals surface area contributed by atoms with Crippen molar-refractivity contribution in [1.29, 1.82) is 0 Å². The van der Waals surface area contributed by atoms with Gasteiger partial charge in [0.15, 0.2) is 0 Å². The number of amides is 1. The van der Waals surface area contributed by atoms with E-state index in [0.29, 0.717) is 38.8 Å². The summed E-state index contributed by atoms with van der Waals surface area (Å²) in [5.41, 5.74) is 2.82. The Morgan fingerprint density at radius 1 is 0.864 bits per heavy atom. The van der Waals surface area contributed by atoms with Crippen LogP contribution in [0.4, 0.5) is 11.4 Å². The van der Waals surface area contributed by atoms with Gasteiger partial charge in [0.05, 0.1) is 0 Å². The van der Waals surface area contributed by atoms with Crippen LogP contribution in [-0.4, -0.2) is 66.3 Å². The summed E-state index contributed by atoms with van der Waals surface area (Å²) in [7, 11) is -3.83. The number of sulfonamides is 1. The maximum absolute atomic E-state index is 13.7. The predicted molar refractivity (Wildman–Crippen MR) is 180 cm³/mol. The van der Waals surface area contributed by atoms with Crippen molar-refractivity contribution < 1.29 is 18.3 Å². The first-order valence-corrected chi connectivity index (χ1v) is 17.7. The third kappa shape index (κ3) is 9.42. The number of nitrogens with zero attached hydrogens (tertiary/aromatic N) is 1. The van der Waals surface area contributed by atoms with Crippen LogP contribution in [-0.2, 0) is 21.2 Å². The van der Waals surface area contributed by atoms with Gasteiger partial charge in [-0.15, -0.1) is 0 Å². The summed E-state index contributed by atoms with van der Waals surface area (Å²) in [5.74, 6) is 0.0606. The van der Waals surface area contributed by atoms with Crippen LogP contribution in [0, 0.1) is 5.92 Å². The van der Waals surface area contributed by atoms with E-state index in [1.165, 1.54) is 9.69 Å². The van der Waals surface area contributed by atoms with Gasteiger partial charge in [0.2, 0.25) is 0 Å². The topological polar surface area (TPSA) is 98.7 Å². The van der Waals surface area contributed by atoms with Crippen LogP contribution in [0.3, 0.4) is 0 Å². The van der Waals surface area contributed by atoms with Crippen molar-refractivity contribution in [1.82, 2.24) is 9.62 Å². The number of fused-ring (bicyclic) bond motifs is 1. The fourth-order valence-electron chi connectivity index (χ4n) is 5.18. The van der Waals surface area contributed by atoms with Crippen molar-refractivity contribution in [3.8, 4) is 0 Å². The summed E-state index contributed by atoms with van der Waals surface area (Å²) in [6.45, 7) is 4.47. The van der Waals surface area contributed by atoms with Gasteiger partial charge in [-0.1, -0.05) is 18.2 Å². The molecule has 0 aromatic heterocycles. The molecule has 0 saturated carbocycles. The fourth-order valence-corrected chi connectivity index (χ4v) is 7.62. The number of unbranched alkanes of at least 4 members (excludes halogenated alkanes) is 1. The van der Waals surface area contributed by atoms with Crippen molar-refractivity contribution in [2.45, 2.75) is 55.2 Å². The van der Waals surface area contributed by atoms with Gasteiger partial charge in [0.25, 0.3) is 0 Å². The van der Waals surface area contributed by atoms with E-state index in [4.69, 9.17) is 0 Å². The second-order valence-electron chi connectivity index (χ2n) is 11.5. The molecule has 4 aromatic carbocycles. The molecule has 3 N–H and O–H groups in total. The first-order valence-electron chi connectivity index (χ1n) is 15.2. The molecular weight excluding hydrogens is 633 g/mol. The minimum Gasteiger partial charge on any atom is -0.356 e. The van der Waals surface area contributed by atoms with Crippen LogP contribution in [0.5, 0.6) is 0 Å². The van der Waals surface area contributed by atoms with Crippen molar-refractivity contribution in [2.24, 2.45) is 5.92 Å². The van der Waals surface area contributed by atoms with Crippen molar-refractivity contribution in [2.75, 3.05) is 25.0 Å². The van der Waals surface area contributed by atoms with E-state index in [-0.39, 0.29) is 28.0 Å². The summed E-state index contributed by atoms with van der Waals surface area (Å²) < 4.78 is 28.7. The van der Waals surface area contributed by atoms with Gasteiger partial charge in [0, 0.05) is 11.4 Å². The zero-order valence-corrected chi connectivity index (χ0v) is 28.1. The molecule has 4 aromatic rings. The molecule has 7 nitrogen and oxygen atoms in total. The first kappa shape index (κ1) is 33.7. The zero-order valence-electron chi connectivity index (χ0n) is 25.4. The Labute approximate surface area is 270 Å². The van der Waals surface area contributed by atoms with E-state index in [9.17, 15) is 18.3 Å². The molecule has 1 unspecified atom stereocenters. The molecule has 0 heterocycles. The van der Waals surface area contributed by atoms with E-state index in [2.05, 4.69) is 57.8 Å². The van der Waals surface area contributed by atoms with E-state index < -0.39 is 16.1 Å². The Morgan fingerprint density at radius 3 is 2.20 bits per heavy atom. The number of carbonyl (C=O) groups is 1. The standard InChI is InChI=1S/C35H42AsN3O4S/c1-26(2)24-39(44(42,43)33-19-17-31(18-20-33)38-30-12-4-3-5-13-30)32(25-40)14-8-9-21-37-35(41)34(36)23-27-15-16-28-10-6-7-11-29(28)22-27/h3-7,10-13,15-20,22,26,32,34,38,40H,8-9,14,21,23-25H2,1-2H3,(H,37,41)/t32?,34-/m0/s1. The SMILES string of the molecule is CC(C)CN(C(CO)CCCCNC(=O)[C@@H]([As])Cc1ccc2ccccc2c1)S(=O)(=O)c1ccc(Nc2ccccc2)cc1. The number of hydrogen-bond acceptors (Lipinski definition) is 5. The Hall–Kier alpha value is -3.16. The van der Waals surface area contributed by atoms with Crippen molar-refractivity contribution in [3.63, 3.8) is 0 Å². The minimum absolute atomic E-state index is 0.0221. The minimum atomic E-state index is -3.83. The fraction of sp³-hybridized carbons (Fsp3) is 0.343. The molecule has 0 bridgehead atoms. The first-order chi connectivity index (χ1) is 21.2. The van der Waals surface area contributed by atoms with Crippen LogP contribution in [0.15, 0.2) is 102 Å². The van der Waals surface area contributed by atoms with Crippen LogP contribution in [0.25, 0.3) is 10.8 Å². The molecule has 0 aliphatic carbocycles. The third-order valence-corrected chi connectivity index (χ3v) is 10.3. The van der Waals surface area contributed by atoms with E-state index in [0.717, 1.165) is 22.3 Å². The summed E-state index contributed by atoms with van der Waals surface area (Å²) in [6, 6.07) is 30.3. The molecule has 2 radical (unpaired) electrons. The van der Waals surface area contributed by atoms with Gasteiger partial charge < -0.3 is 5.32 Å². The van der Waals surface area contributed by atoms with Crippen LogP contribution in [0.2, 0.25) is 4.71 Å². The van der Waals surface area contributed by atoms with Gasteiger partial charge in [-0.05, 0) is 24.3 Å². The number of para-hydroxylation sites is 1. The van der Waals surface area contributed by atoms with Gasteiger partial charge in [-0.2, -0.15) is 0 Å². The molecule has 4 rings (SSSR count). The molecule has 232 valence electrons. The molecule has 0 saturated heterocycles. The second kappa shape index (κ2) is 16.2. The molecule has 9 heteroatoms. The zero-order chi connectivity index (χ0) is 31.5. The number of aliphatic hydroxyl groups excluding tert-OH is 1. The number of nitrogens with one attached hydrogen (secondary N) is 2. The second-order valence-corrected chi connectivity index (χ2v) is 14.7. The maximum atomic E-state index is 13.7. The van der Waals surface area contributed by atoms with Crippen LogP contribution >= 0.6 is 0 Å². The Balaban J connectivity index is 1.29. The summed E-state index contributed by atoms with van der Waals surface area (Å²) >= 11 is 2.47. The summed E-state index contributed by atoms with van der Waals surface area (Å²) in [6.07, 6.45) is 2.49. The average molecular weight is 676 g/mol. The Kier molecular flexibility index (Phi) is 12.4. The van der Waals surface area contributed by atoms with Crippen molar-refractivity contribution in [3.05, 3.63) is 103 Å². The molecule has 0 aliphatic rings. The molecule has 2 atom stereocenters. The normalized spacial score (nSPS) is 13.2. The predicted octanol–water partition coefficient (Wildman–Crippen LogP) is 6.08.